The van der Waals surface area contributed by atoms with Crippen LogP contribution in [0, 0.1) is 6.92 Å². The first kappa shape index (κ1) is 15.7. The molecule has 0 amide bonds. The number of nitrogens with one attached hydrogen (secondary N) is 1. The van der Waals surface area contributed by atoms with E-state index in [9.17, 15) is 0 Å². The van der Waals surface area contributed by atoms with Crippen LogP contribution in [0.15, 0.2) is 42.5 Å². The summed E-state index contributed by atoms with van der Waals surface area (Å²) in [6, 6.07) is 14.1. The van der Waals surface area contributed by atoms with Gasteiger partial charge in [-0.15, -0.1) is 0 Å². The summed E-state index contributed by atoms with van der Waals surface area (Å²) >= 11 is 6.02. The van der Waals surface area contributed by atoms with Crippen molar-refractivity contribution in [3.63, 3.8) is 0 Å². The number of halogens is 1. The minimum absolute atomic E-state index is 0.0795. The molecule has 1 unspecified atom stereocenters. The maximum Gasteiger partial charge on any atom is 0.119 e. The molecule has 0 saturated heterocycles. The van der Waals surface area contributed by atoms with Gasteiger partial charge in [-0.3, -0.25) is 0 Å². The molecule has 0 aliphatic carbocycles. The van der Waals surface area contributed by atoms with E-state index in [0.29, 0.717) is 0 Å². The first-order valence-electron chi connectivity index (χ1n) is 7.34. The molecule has 1 N–H and O–H groups in total. The molecule has 0 radical (unpaired) electrons. The topological polar surface area (TPSA) is 21.3 Å². The van der Waals surface area contributed by atoms with Crippen LogP contribution >= 0.6 is 11.6 Å². The lowest BCUT2D eigenvalue weighted by molar-refractivity contribution is 0.234. The van der Waals surface area contributed by atoms with E-state index >= 15 is 0 Å². The Hall–Kier alpha value is -1.67. The van der Waals surface area contributed by atoms with Gasteiger partial charge in [0.25, 0.3) is 0 Å². The smallest absolute Gasteiger partial charge is 0.119 e. The third kappa shape index (κ3) is 4.68. The van der Waals surface area contributed by atoms with Crippen LogP contribution in [0.25, 0.3) is 0 Å². The molecule has 0 aliphatic heterocycles. The van der Waals surface area contributed by atoms with Crippen LogP contribution in [0.5, 0.6) is 5.75 Å². The molecule has 0 heterocycles. The zero-order valence-electron chi connectivity index (χ0n) is 12.8. The first-order valence-corrected chi connectivity index (χ1v) is 7.72. The molecule has 2 aromatic carbocycles. The summed E-state index contributed by atoms with van der Waals surface area (Å²) in [7, 11) is 0. The van der Waals surface area contributed by atoms with Crippen molar-refractivity contribution in [3.05, 3.63) is 58.6 Å². The zero-order valence-corrected chi connectivity index (χ0v) is 13.6. The second kappa shape index (κ2) is 7.37. The Labute approximate surface area is 132 Å². The molecule has 0 aliphatic rings. The van der Waals surface area contributed by atoms with E-state index in [2.05, 4.69) is 38.2 Å². The second-order valence-electron chi connectivity index (χ2n) is 5.27. The Bertz CT molecular complexity index is 580. The highest BCUT2D eigenvalue weighted by molar-refractivity contribution is 6.30. The zero-order chi connectivity index (χ0) is 15.2. The summed E-state index contributed by atoms with van der Waals surface area (Å²) in [5.41, 5.74) is 3.56. The number of ether oxygens (including phenoxy) is 1. The van der Waals surface area contributed by atoms with Gasteiger partial charge in [-0.2, -0.15) is 0 Å². The van der Waals surface area contributed by atoms with E-state index in [-0.39, 0.29) is 6.10 Å². The van der Waals surface area contributed by atoms with Crippen LogP contribution in [0.2, 0.25) is 5.02 Å². The predicted octanol–water partition coefficient (Wildman–Crippen LogP) is 5.09. The highest BCUT2D eigenvalue weighted by Gasteiger charge is 2.06. The van der Waals surface area contributed by atoms with Gasteiger partial charge in [-0.1, -0.05) is 36.7 Å². The van der Waals surface area contributed by atoms with Crippen molar-refractivity contribution in [2.24, 2.45) is 0 Å². The summed E-state index contributed by atoms with van der Waals surface area (Å²) in [5.74, 6) is 0.907. The van der Waals surface area contributed by atoms with Crippen molar-refractivity contribution in [2.75, 3.05) is 11.9 Å². The largest absolute Gasteiger partial charge is 0.489 e. The highest BCUT2D eigenvalue weighted by Crippen LogP contribution is 2.20. The van der Waals surface area contributed by atoms with Gasteiger partial charge in [-0.05, 0) is 55.7 Å². The Morgan fingerprint density at radius 3 is 2.52 bits per heavy atom. The molecule has 0 aromatic heterocycles. The molecule has 2 aromatic rings. The maximum atomic E-state index is 6.02. The monoisotopic (exact) mass is 303 g/mol. The lowest BCUT2D eigenvalue weighted by atomic mass is 10.2. The van der Waals surface area contributed by atoms with Crippen LogP contribution in [-0.2, 0) is 6.42 Å². The van der Waals surface area contributed by atoms with E-state index < -0.39 is 0 Å². The number of rotatable bonds is 6. The van der Waals surface area contributed by atoms with Gasteiger partial charge in [0.05, 0.1) is 6.54 Å². The molecule has 0 fully saturated rings. The van der Waals surface area contributed by atoms with Crippen LogP contribution in [0.4, 0.5) is 5.69 Å². The molecular formula is C18H22ClNO. The second-order valence-corrected chi connectivity index (χ2v) is 5.70. The molecule has 0 spiro atoms. The van der Waals surface area contributed by atoms with E-state index in [1.54, 1.807) is 0 Å². The van der Waals surface area contributed by atoms with E-state index in [4.69, 9.17) is 16.3 Å². The number of benzene rings is 2. The minimum Gasteiger partial charge on any atom is -0.489 e. The first-order chi connectivity index (χ1) is 10.1. The lowest BCUT2D eigenvalue weighted by Gasteiger charge is -2.17. The van der Waals surface area contributed by atoms with E-state index in [1.165, 1.54) is 11.1 Å². The molecule has 21 heavy (non-hydrogen) atoms. The van der Waals surface area contributed by atoms with Crippen molar-refractivity contribution in [1.29, 1.82) is 0 Å². The SMILES string of the molecule is CCc1ccc(OC(C)CNc2cc(Cl)ccc2C)cc1. The predicted molar refractivity (Wildman–Crippen MR) is 90.6 cm³/mol. The number of anilines is 1. The lowest BCUT2D eigenvalue weighted by Crippen LogP contribution is -2.23. The van der Waals surface area contributed by atoms with Gasteiger partial charge in [-0.25, -0.2) is 0 Å². The molecule has 112 valence electrons. The third-order valence-corrected chi connectivity index (χ3v) is 3.68. The van der Waals surface area contributed by atoms with Crippen molar-refractivity contribution in [1.82, 2.24) is 0 Å². The summed E-state index contributed by atoms with van der Waals surface area (Å²) in [5, 5.41) is 4.13. The summed E-state index contributed by atoms with van der Waals surface area (Å²) in [6.45, 7) is 7.00. The Kier molecular flexibility index (Phi) is 5.51. The Balaban J connectivity index is 1.89. The average Bonchev–Trinajstić information content (AvgIpc) is 2.49. The molecule has 0 saturated carbocycles. The Morgan fingerprint density at radius 1 is 1.14 bits per heavy atom. The van der Waals surface area contributed by atoms with Gasteiger partial charge < -0.3 is 10.1 Å². The Morgan fingerprint density at radius 2 is 1.86 bits per heavy atom. The quantitative estimate of drug-likeness (QED) is 0.802. The van der Waals surface area contributed by atoms with Crippen molar-refractivity contribution in [2.45, 2.75) is 33.3 Å². The summed E-state index contributed by atoms with van der Waals surface area (Å²) in [6.07, 6.45) is 1.13. The van der Waals surface area contributed by atoms with Crippen molar-refractivity contribution in [3.8, 4) is 5.75 Å². The standard InChI is InChI=1S/C18H22ClNO/c1-4-15-6-9-17(10-7-15)21-14(3)12-20-18-11-16(19)8-5-13(18)2/h5-11,14,20H,4,12H2,1-3H3. The number of hydrogen-bond acceptors (Lipinski definition) is 2. The van der Waals surface area contributed by atoms with E-state index in [1.807, 2.05) is 30.3 Å². The van der Waals surface area contributed by atoms with Gasteiger partial charge in [0, 0.05) is 10.7 Å². The molecule has 1 atom stereocenters. The van der Waals surface area contributed by atoms with E-state index in [0.717, 1.165) is 29.4 Å². The van der Waals surface area contributed by atoms with Crippen molar-refractivity contribution >= 4 is 17.3 Å². The van der Waals surface area contributed by atoms with Crippen LogP contribution in [0.1, 0.15) is 25.0 Å². The third-order valence-electron chi connectivity index (χ3n) is 3.45. The molecular weight excluding hydrogens is 282 g/mol. The van der Waals surface area contributed by atoms with Gasteiger partial charge in [0.1, 0.15) is 11.9 Å². The molecule has 2 nitrogen and oxygen atoms in total. The fourth-order valence-corrected chi connectivity index (χ4v) is 2.29. The number of hydrogen-bond donors (Lipinski definition) is 1. The molecule has 0 bridgehead atoms. The summed E-state index contributed by atoms with van der Waals surface area (Å²) < 4.78 is 5.91. The minimum atomic E-state index is 0.0795. The molecule has 2 rings (SSSR count). The van der Waals surface area contributed by atoms with Gasteiger partial charge in [0.2, 0.25) is 0 Å². The van der Waals surface area contributed by atoms with Crippen LogP contribution < -0.4 is 10.1 Å². The summed E-state index contributed by atoms with van der Waals surface area (Å²) in [4.78, 5) is 0. The average molecular weight is 304 g/mol. The van der Waals surface area contributed by atoms with Crippen molar-refractivity contribution < 1.29 is 4.74 Å². The van der Waals surface area contributed by atoms with Crippen LogP contribution in [0.3, 0.4) is 0 Å². The number of aryl methyl sites for hydroxylation is 2. The van der Waals surface area contributed by atoms with Gasteiger partial charge >= 0.3 is 0 Å². The fourth-order valence-electron chi connectivity index (χ4n) is 2.12. The normalized spacial score (nSPS) is 12.0. The van der Waals surface area contributed by atoms with Crippen LogP contribution in [-0.4, -0.2) is 12.6 Å². The fraction of sp³-hybridized carbons (Fsp3) is 0.333. The highest BCUT2D eigenvalue weighted by atomic mass is 35.5. The molecule has 3 heteroatoms. The van der Waals surface area contributed by atoms with Gasteiger partial charge in [0.15, 0.2) is 0 Å². The maximum absolute atomic E-state index is 6.02.